The summed E-state index contributed by atoms with van der Waals surface area (Å²) in [5, 5.41) is 3.29. The van der Waals surface area contributed by atoms with Gasteiger partial charge in [0, 0.05) is 25.3 Å². The monoisotopic (exact) mass is 803 g/mol. The molecule has 4 aliphatic rings. The van der Waals surface area contributed by atoms with E-state index >= 15 is 0 Å². The summed E-state index contributed by atoms with van der Waals surface area (Å²) < 4.78 is 11.6. The van der Waals surface area contributed by atoms with Gasteiger partial charge in [-0.25, -0.2) is 0 Å². The molecule has 0 heterocycles. The minimum atomic E-state index is -0.182. The number of hydrogen-bond donors (Lipinski definition) is 0. The van der Waals surface area contributed by atoms with E-state index < -0.39 is 0 Å². The van der Waals surface area contributed by atoms with Crippen LogP contribution in [0.15, 0.2) is 91.0 Å². The van der Waals surface area contributed by atoms with Crippen LogP contribution in [0.25, 0.3) is 22.3 Å². The number of nitrogens with zero attached hydrogens (tertiary/aromatic N) is 1. The molecule has 306 valence electrons. The lowest BCUT2D eigenvalue weighted by Crippen LogP contribution is -2.27. The smallest absolute Gasteiger partial charge is 0.130 e. The molecular weight excluding hydrogens is 733 g/mol. The average Bonchev–Trinajstić information content (AvgIpc) is 3.28. The molecule has 4 aliphatic carbocycles. The van der Waals surface area contributed by atoms with Crippen molar-refractivity contribution in [3.05, 3.63) is 91.0 Å². The molecule has 4 aromatic carbocycles. The number of benzene rings is 4. The maximum absolute atomic E-state index is 5.80. The third-order valence-electron chi connectivity index (χ3n) is 13.6. The molecule has 0 unspecified atom stereocenters. The summed E-state index contributed by atoms with van der Waals surface area (Å²) in [5.74, 6) is 1.83. The summed E-state index contributed by atoms with van der Waals surface area (Å²) in [6.07, 6.45) is 28.7. The van der Waals surface area contributed by atoms with Crippen molar-refractivity contribution in [2.24, 2.45) is 0 Å². The van der Waals surface area contributed by atoms with E-state index in [1.165, 1.54) is 151 Å². The van der Waals surface area contributed by atoms with Gasteiger partial charge in [-0.05, 0) is 114 Å². The van der Waals surface area contributed by atoms with Gasteiger partial charge in [-0.15, -0.1) is 0 Å². The molecule has 0 saturated heterocycles. The summed E-state index contributed by atoms with van der Waals surface area (Å²) in [6, 6.07) is 33.8. The van der Waals surface area contributed by atoms with Gasteiger partial charge in [0.05, 0.1) is 19.8 Å². The summed E-state index contributed by atoms with van der Waals surface area (Å²) in [4.78, 5) is 2.27. The molecular formula is C52H71NO2P2. The normalized spacial score (nSPS) is 18.9. The molecule has 5 heteroatoms. The van der Waals surface area contributed by atoms with Gasteiger partial charge in [0.1, 0.15) is 11.5 Å². The number of rotatable bonds is 11. The van der Waals surface area contributed by atoms with Crippen molar-refractivity contribution in [3.63, 3.8) is 0 Å². The second-order valence-electron chi connectivity index (χ2n) is 17.5. The average molecular weight is 804 g/mol. The summed E-state index contributed by atoms with van der Waals surface area (Å²) in [6.45, 7) is 0. The van der Waals surface area contributed by atoms with Crippen molar-refractivity contribution in [2.45, 2.75) is 151 Å². The second-order valence-corrected chi connectivity index (χ2v) is 23.0. The molecule has 0 N–H and O–H groups in total. The topological polar surface area (TPSA) is 21.7 Å². The number of para-hydroxylation sites is 1. The van der Waals surface area contributed by atoms with Gasteiger partial charge in [-0.3, -0.25) is 0 Å². The van der Waals surface area contributed by atoms with Gasteiger partial charge in [0.15, 0.2) is 0 Å². The summed E-state index contributed by atoms with van der Waals surface area (Å²) in [7, 11) is 7.62. The Kier molecular flexibility index (Phi) is 15.9. The highest BCUT2D eigenvalue weighted by Gasteiger charge is 2.35. The minimum Gasteiger partial charge on any atom is -0.496 e. The van der Waals surface area contributed by atoms with E-state index in [0.29, 0.717) is 0 Å². The fraction of sp³-hybridized carbons (Fsp3) is 0.538. The molecule has 0 aromatic heterocycles. The standard InChI is InChI=1S/C26H36NP.C26H35O2P/c1-27(2)25-19-11-9-17-23(25)24-18-10-12-20-26(24)28(21-13-5-3-6-14-21)22-15-7-4-8-16-22;1-27-23-17-11-18-24(28-2)26(23)22-16-9-10-19-25(22)29(20-12-5-3-6-13-20)21-14-7-4-8-15-21/h9-12,17-22H,3-8,13-16H2,1-2H3;9-11,16-21H,3-8,12-15H2,1-2H3. The van der Waals surface area contributed by atoms with Gasteiger partial charge in [-0.2, -0.15) is 0 Å². The maximum Gasteiger partial charge on any atom is 0.130 e. The molecule has 4 saturated carbocycles. The van der Waals surface area contributed by atoms with Crippen LogP contribution in [0.5, 0.6) is 11.5 Å². The first-order chi connectivity index (χ1) is 28.1. The summed E-state index contributed by atoms with van der Waals surface area (Å²) >= 11 is 0. The lowest BCUT2D eigenvalue weighted by atomic mass is 9.99. The largest absolute Gasteiger partial charge is 0.496 e. The van der Waals surface area contributed by atoms with Crippen LogP contribution in [0.2, 0.25) is 0 Å². The highest BCUT2D eigenvalue weighted by molar-refractivity contribution is 7.67. The fourth-order valence-electron chi connectivity index (χ4n) is 10.9. The molecule has 4 aromatic rings. The molecule has 4 fully saturated rings. The van der Waals surface area contributed by atoms with Crippen LogP contribution in [-0.4, -0.2) is 51.0 Å². The van der Waals surface area contributed by atoms with Crippen LogP contribution < -0.4 is 25.0 Å². The first-order valence-corrected chi connectivity index (χ1v) is 25.8. The van der Waals surface area contributed by atoms with E-state index in [1.54, 1.807) is 24.8 Å². The van der Waals surface area contributed by atoms with Crippen molar-refractivity contribution in [3.8, 4) is 33.8 Å². The molecule has 0 spiro atoms. The highest BCUT2D eigenvalue weighted by atomic mass is 31.1. The first-order valence-electron chi connectivity index (χ1n) is 22.8. The quantitative estimate of drug-likeness (QED) is 0.141. The molecule has 0 atom stereocenters. The Bertz CT molecular complexity index is 1760. The Morgan fingerprint density at radius 3 is 1.16 bits per heavy atom. The van der Waals surface area contributed by atoms with E-state index in [2.05, 4.69) is 104 Å². The zero-order valence-corrected chi connectivity index (χ0v) is 37.6. The molecule has 0 bridgehead atoms. The van der Waals surface area contributed by atoms with Crippen LogP contribution in [-0.2, 0) is 0 Å². The molecule has 0 amide bonds. The number of methoxy groups -OCH3 is 2. The second kappa shape index (κ2) is 21.4. The van der Waals surface area contributed by atoms with Crippen molar-refractivity contribution in [1.29, 1.82) is 0 Å². The Morgan fingerprint density at radius 2 is 0.754 bits per heavy atom. The van der Waals surface area contributed by atoms with E-state index in [1.807, 2.05) is 6.07 Å². The van der Waals surface area contributed by atoms with E-state index in [4.69, 9.17) is 9.47 Å². The zero-order valence-electron chi connectivity index (χ0n) is 35.8. The van der Waals surface area contributed by atoms with Gasteiger partial charge < -0.3 is 14.4 Å². The van der Waals surface area contributed by atoms with Crippen molar-refractivity contribution in [2.75, 3.05) is 33.2 Å². The van der Waals surface area contributed by atoms with Gasteiger partial charge in [0.2, 0.25) is 0 Å². The lowest BCUT2D eigenvalue weighted by Gasteiger charge is -2.39. The first kappa shape index (κ1) is 42.3. The lowest BCUT2D eigenvalue weighted by molar-refractivity contribution is 0.397. The number of hydrogen-bond acceptors (Lipinski definition) is 3. The Labute approximate surface area is 349 Å². The molecule has 57 heavy (non-hydrogen) atoms. The SMILES string of the molecule is CN(C)c1ccccc1-c1ccccc1P(C1CCCCC1)C1CCCCC1.COc1cccc(OC)c1-c1ccccc1P(C1CCCCC1)C1CCCCC1. The van der Waals surface area contributed by atoms with Crippen LogP contribution in [0, 0.1) is 0 Å². The maximum atomic E-state index is 5.80. The van der Waals surface area contributed by atoms with E-state index in [0.717, 1.165) is 39.7 Å². The third-order valence-corrected chi connectivity index (χ3v) is 20.7. The van der Waals surface area contributed by atoms with Crippen LogP contribution >= 0.6 is 15.8 Å². The van der Waals surface area contributed by atoms with E-state index in [-0.39, 0.29) is 15.8 Å². The van der Waals surface area contributed by atoms with Gasteiger partial charge in [-0.1, -0.05) is 166 Å². The van der Waals surface area contributed by atoms with E-state index in [9.17, 15) is 0 Å². The Hall–Kier alpha value is -2.86. The van der Waals surface area contributed by atoms with Gasteiger partial charge >= 0.3 is 0 Å². The molecule has 0 radical (unpaired) electrons. The number of ether oxygens (including phenoxy) is 2. The Balaban J connectivity index is 0.000000174. The van der Waals surface area contributed by atoms with Crippen LogP contribution in [0.3, 0.4) is 0 Å². The third kappa shape index (κ3) is 10.3. The Morgan fingerprint density at radius 1 is 0.404 bits per heavy atom. The summed E-state index contributed by atoms with van der Waals surface area (Å²) in [5.41, 5.74) is 10.4. The van der Waals surface area contributed by atoms with Gasteiger partial charge in [0.25, 0.3) is 0 Å². The highest BCUT2D eigenvalue weighted by Crippen LogP contribution is 2.58. The predicted octanol–water partition coefficient (Wildman–Crippen LogP) is 14.3. The molecule has 0 aliphatic heterocycles. The van der Waals surface area contributed by atoms with Crippen molar-refractivity contribution in [1.82, 2.24) is 0 Å². The molecule has 3 nitrogen and oxygen atoms in total. The minimum absolute atomic E-state index is 0.0867. The van der Waals surface area contributed by atoms with Crippen LogP contribution in [0.4, 0.5) is 5.69 Å². The molecule has 8 rings (SSSR count). The van der Waals surface area contributed by atoms with Crippen LogP contribution in [0.1, 0.15) is 128 Å². The van der Waals surface area contributed by atoms with Crippen molar-refractivity contribution < 1.29 is 9.47 Å². The fourth-order valence-corrected chi connectivity index (χ4v) is 18.8. The van der Waals surface area contributed by atoms with Crippen molar-refractivity contribution >= 4 is 32.1 Å². The zero-order chi connectivity index (χ0) is 39.4. The number of anilines is 1. The predicted molar refractivity (Wildman–Crippen MR) is 252 cm³/mol.